The van der Waals surface area contributed by atoms with E-state index >= 15 is 0 Å². The Kier molecular flexibility index (Phi) is 5.00. The Balaban J connectivity index is 1.29. The fraction of sp³-hybridized carbons (Fsp3) is 0.375. The van der Waals surface area contributed by atoms with E-state index in [4.69, 9.17) is 9.47 Å². The van der Waals surface area contributed by atoms with Crippen LogP contribution in [-0.2, 0) is 28.0 Å². The van der Waals surface area contributed by atoms with E-state index in [9.17, 15) is 14.4 Å². The van der Waals surface area contributed by atoms with E-state index < -0.39 is 23.4 Å². The van der Waals surface area contributed by atoms with Gasteiger partial charge in [0.15, 0.2) is 11.5 Å². The normalized spacial score (nSPS) is 21.7. The fourth-order valence-electron chi connectivity index (χ4n) is 4.50. The van der Waals surface area contributed by atoms with Gasteiger partial charge >= 0.3 is 6.03 Å². The summed E-state index contributed by atoms with van der Waals surface area (Å²) < 4.78 is 11.2. The zero-order valence-electron chi connectivity index (χ0n) is 17.9. The molecule has 1 fully saturated rings. The standard InChI is InChI=1S/C24H25N3O5/c1-24(17-7-6-15-4-2-5-16(15)12-17)22(29)27(23(30)26-24)14-21(28)25-18-8-9-19-20(13-18)32-11-3-10-31-19/h6-9,12-13H,2-5,10-11,14H2,1H3,(H,25,28)(H,26,30)/t24-/m1/s1. The van der Waals surface area contributed by atoms with Crippen molar-refractivity contribution in [2.24, 2.45) is 0 Å². The first-order valence-electron chi connectivity index (χ1n) is 10.9. The van der Waals surface area contributed by atoms with Crippen LogP contribution in [0.1, 0.15) is 36.5 Å². The number of fused-ring (bicyclic) bond motifs is 2. The highest BCUT2D eigenvalue weighted by Crippen LogP contribution is 2.34. The van der Waals surface area contributed by atoms with Crippen LogP contribution in [0.2, 0.25) is 0 Å². The number of carbonyl (C=O) groups is 3. The summed E-state index contributed by atoms with van der Waals surface area (Å²) >= 11 is 0. The molecule has 0 saturated carbocycles. The Morgan fingerprint density at radius 3 is 2.66 bits per heavy atom. The predicted octanol–water partition coefficient (Wildman–Crippen LogP) is 2.74. The molecule has 2 heterocycles. The number of hydrogen-bond acceptors (Lipinski definition) is 5. The molecule has 2 aromatic carbocycles. The Hall–Kier alpha value is -3.55. The first-order chi connectivity index (χ1) is 15.4. The molecule has 4 amide bonds. The lowest BCUT2D eigenvalue weighted by Gasteiger charge is -2.23. The first kappa shape index (κ1) is 20.4. The van der Waals surface area contributed by atoms with Crippen molar-refractivity contribution in [3.05, 3.63) is 53.1 Å². The van der Waals surface area contributed by atoms with Crippen molar-refractivity contribution >= 4 is 23.5 Å². The maximum atomic E-state index is 13.2. The highest BCUT2D eigenvalue weighted by molar-refractivity contribution is 6.10. The number of amides is 4. The minimum absolute atomic E-state index is 0.375. The molecule has 166 valence electrons. The molecule has 1 atom stereocenters. The van der Waals surface area contributed by atoms with Crippen molar-refractivity contribution in [2.75, 3.05) is 25.1 Å². The monoisotopic (exact) mass is 435 g/mol. The smallest absolute Gasteiger partial charge is 0.325 e. The van der Waals surface area contributed by atoms with Gasteiger partial charge in [-0.3, -0.25) is 14.5 Å². The Bertz CT molecular complexity index is 1110. The molecule has 0 bridgehead atoms. The zero-order valence-corrected chi connectivity index (χ0v) is 17.9. The van der Waals surface area contributed by atoms with Gasteiger partial charge in [0, 0.05) is 18.2 Å². The van der Waals surface area contributed by atoms with Gasteiger partial charge in [-0.25, -0.2) is 4.79 Å². The van der Waals surface area contributed by atoms with Crippen LogP contribution >= 0.6 is 0 Å². The minimum atomic E-state index is -1.19. The molecular weight excluding hydrogens is 410 g/mol. The van der Waals surface area contributed by atoms with Crippen LogP contribution in [-0.4, -0.2) is 42.5 Å². The molecule has 5 rings (SSSR count). The third kappa shape index (κ3) is 3.55. The van der Waals surface area contributed by atoms with Crippen molar-refractivity contribution in [3.63, 3.8) is 0 Å². The second-order valence-corrected chi connectivity index (χ2v) is 8.54. The van der Waals surface area contributed by atoms with E-state index in [0.29, 0.717) is 30.4 Å². The highest BCUT2D eigenvalue weighted by Gasteiger charge is 2.49. The molecule has 1 aliphatic carbocycles. The van der Waals surface area contributed by atoms with Crippen molar-refractivity contribution in [2.45, 2.75) is 38.1 Å². The summed E-state index contributed by atoms with van der Waals surface area (Å²) in [6.07, 6.45) is 3.90. The Labute approximate surface area is 185 Å². The van der Waals surface area contributed by atoms with Crippen molar-refractivity contribution in [3.8, 4) is 11.5 Å². The van der Waals surface area contributed by atoms with E-state index in [0.717, 1.165) is 36.1 Å². The molecule has 0 spiro atoms. The topological polar surface area (TPSA) is 97.0 Å². The van der Waals surface area contributed by atoms with Crippen LogP contribution in [0.15, 0.2) is 36.4 Å². The molecule has 8 heteroatoms. The number of benzene rings is 2. The van der Waals surface area contributed by atoms with Crippen LogP contribution in [0.4, 0.5) is 10.5 Å². The maximum absolute atomic E-state index is 13.2. The summed E-state index contributed by atoms with van der Waals surface area (Å²) in [5.74, 6) is 0.273. The van der Waals surface area contributed by atoms with Crippen LogP contribution in [0.5, 0.6) is 11.5 Å². The molecule has 2 N–H and O–H groups in total. The third-order valence-corrected chi connectivity index (χ3v) is 6.28. The van der Waals surface area contributed by atoms with E-state index in [1.54, 1.807) is 25.1 Å². The number of ether oxygens (including phenoxy) is 2. The summed E-state index contributed by atoms with van der Waals surface area (Å²) in [5.41, 5.74) is 2.57. The molecule has 2 aromatic rings. The van der Waals surface area contributed by atoms with Gasteiger partial charge in [-0.1, -0.05) is 18.2 Å². The average Bonchev–Trinajstić information content (AvgIpc) is 3.23. The molecule has 8 nitrogen and oxygen atoms in total. The van der Waals surface area contributed by atoms with E-state index in [1.807, 2.05) is 18.2 Å². The average molecular weight is 435 g/mol. The number of anilines is 1. The van der Waals surface area contributed by atoms with Gasteiger partial charge in [-0.05, 0) is 55.0 Å². The van der Waals surface area contributed by atoms with Crippen LogP contribution < -0.4 is 20.1 Å². The molecule has 0 aromatic heterocycles. The maximum Gasteiger partial charge on any atom is 0.325 e. The lowest BCUT2D eigenvalue weighted by Crippen LogP contribution is -2.42. The van der Waals surface area contributed by atoms with Crippen LogP contribution in [0.3, 0.4) is 0 Å². The summed E-state index contributed by atoms with van der Waals surface area (Å²) in [4.78, 5) is 39.4. The van der Waals surface area contributed by atoms with Gasteiger partial charge in [-0.15, -0.1) is 0 Å². The van der Waals surface area contributed by atoms with E-state index in [2.05, 4.69) is 10.6 Å². The minimum Gasteiger partial charge on any atom is -0.490 e. The number of imide groups is 1. The summed E-state index contributed by atoms with van der Waals surface area (Å²) in [5, 5.41) is 5.51. The Morgan fingerprint density at radius 1 is 1.03 bits per heavy atom. The number of aryl methyl sites for hydroxylation is 2. The molecule has 0 radical (unpaired) electrons. The molecule has 1 saturated heterocycles. The van der Waals surface area contributed by atoms with Crippen LogP contribution in [0.25, 0.3) is 0 Å². The molecule has 32 heavy (non-hydrogen) atoms. The van der Waals surface area contributed by atoms with Gasteiger partial charge in [0.1, 0.15) is 12.1 Å². The van der Waals surface area contributed by atoms with E-state index in [1.165, 1.54) is 11.1 Å². The van der Waals surface area contributed by atoms with Crippen LogP contribution in [0, 0.1) is 0 Å². The zero-order chi connectivity index (χ0) is 22.3. The number of nitrogens with one attached hydrogen (secondary N) is 2. The van der Waals surface area contributed by atoms with Gasteiger partial charge in [0.2, 0.25) is 5.91 Å². The van der Waals surface area contributed by atoms with Crippen molar-refractivity contribution in [1.82, 2.24) is 10.2 Å². The fourth-order valence-corrected chi connectivity index (χ4v) is 4.50. The number of rotatable bonds is 4. The lowest BCUT2D eigenvalue weighted by molar-refractivity contribution is -0.133. The molecular formula is C24H25N3O5. The van der Waals surface area contributed by atoms with Gasteiger partial charge in [0.05, 0.1) is 13.2 Å². The lowest BCUT2D eigenvalue weighted by atomic mass is 9.89. The molecule has 2 aliphatic heterocycles. The summed E-state index contributed by atoms with van der Waals surface area (Å²) in [6, 6.07) is 10.5. The predicted molar refractivity (Wildman–Crippen MR) is 117 cm³/mol. The number of nitrogens with zero attached hydrogens (tertiary/aromatic N) is 1. The number of hydrogen-bond donors (Lipinski definition) is 2. The quantitative estimate of drug-likeness (QED) is 0.720. The van der Waals surface area contributed by atoms with Gasteiger partial charge < -0.3 is 20.1 Å². The largest absolute Gasteiger partial charge is 0.490 e. The first-order valence-corrected chi connectivity index (χ1v) is 10.9. The van der Waals surface area contributed by atoms with E-state index in [-0.39, 0.29) is 6.54 Å². The van der Waals surface area contributed by atoms with Crippen molar-refractivity contribution < 1.29 is 23.9 Å². The summed E-state index contributed by atoms with van der Waals surface area (Å²) in [7, 11) is 0. The van der Waals surface area contributed by atoms with Gasteiger partial charge in [-0.2, -0.15) is 0 Å². The molecule has 3 aliphatic rings. The second-order valence-electron chi connectivity index (χ2n) is 8.54. The summed E-state index contributed by atoms with van der Waals surface area (Å²) in [6.45, 7) is 2.42. The SMILES string of the molecule is C[C@]1(c2ccc3c(c2)CCC3)NC(=O)N(CC(=O)Nc2ccc3c(c2)OCCCO3)C1=O. The van der Waals surface area contributed by atoms with Crippen molar-refractivity contribution in [1.29, 1.82) is 0 Å². The third-order valence-electron chi connectivity index (χ3n) is 6.28. The number of carbonyl (C=O) groups excluding carboxylic acids is 3. The van der Waals surface area contributed by atoms with Gasteiger partial charge in [0.25, 0.3) is 5.91 Å². The highest BCUT2D eigenvalue weighted by atomic mass is 16.5. The molecule has 0 unspecified atom stereocenters. The second kappa shape index (κ2) is 7.85. The number of urea groups is 1. The Morgan fingerprint density at radius 2 is 1.81 bits per heavy atom.